The van der Waals surface area contributed by atoms with Crippen molar-refractivity contribution < 1.29 is 19.1 Å². The van der Waals surface area contributed by atoms with Gasteiger partial charge in [-0.25, -0.2) is 0 Å². The van der Waals surface area contributed by atoms with E-state index in [0.717, 1.165) is 6.29 Å². The molecule has 0 aromatic heterocycles. The molecule has 0 aliphatic rings. The van der Waals surface area contributed by atoms with Gasteiger partial charge in [0.1, 0.15) is 6.29 Å². The lowest BCUT2D eigenvalue weighted by Gasteiger charge is -2.13. The third kappa shape index (κ3) is 3.20. The molecule has 0 saturated heterocycles. The van der Waals surface area contributed by atoms with Crippen molar-refractivity contribution in [1.29, 1.82) is 0 Å². The van der Waals surface area contributed by atoms with E-state index in [1.807, 2.05) is 0 Å². The van der Waals surface area contributed by atoms with Crippen LogP contribution in [0.2, 0.25) is 0 Å². The molecule has 0 heterocycles. The largest absolute Gasteiger partial charge is 0.493 e. The number of methoxy groups -OCH3 is 1. The molecule has 0 unspecified atom stereocenters. The smallest absolute Gasteiger partial charge is 0.311 e. The van der Waals surface area contributed by atoms with Gasteiger partial charge in [-0.3, -0.25) is 9.59 Å². The lowest BCUT2D eigenvalue weighted by molar-refractivity contribution is -0.134. The zero-order chi connectivity index (χ0) is 13.5. The highest BCUT2D eigenvalue weighted by Crippen LogP contribution is 2.33. The maximum atomic E-state index is 11.4. The van der Waals surface area contributed by atoms with Crippen LogP contribution in [-0.4, -0.2) is 19.4 Å². The van der Waals surface area contributed by atoms with E-state index in [1.165, 1.54) is 13.2 Å². The number of hydrogen-bond donors (Lipinski definition) is 0. The normalized spacial score (nSPS) is 9.67. The number of ether oxygens (including phenoxy) is 2. The van der Waals surface area contributed by atoms with Crippen molar-refractivity contribution in [2.45, 2.75) is 19.8 Å². The fourth-order valence-corrected chi connectivity index (χ4v) is 1.51. The van der Waals surface area contributed by atoms with Gasteiger partial charge < -0.3 is 9.47 Å². The van der Waals surface area contributed by atoms with Crippen molar-refractivity contribution >= 4 is 12.3 Å². The highest BCUT2D eigenvalue weighted by molar-refractivity contribution is 5.79. The number of benzene rings is 1. The van der Waals surface area contributed by atoms with Crippen LogP contribution in [-0.2, 0) is 11.2 Å². The summed E-state index contributed by atoms with van der Waals surface area (Å²) >= 11 is 0. The summed E-state index contributed by atoms with van der Waals surface area (Å²) in [7, 11) is 1.46. The Morgan fingerprint density at radius 2 is 2.17 bits per heavy atom. The first kappa shape index (κ1) is 14.0. The Labute approximate surface area is 106 Å². The van der Waals surface area contributed by atoms with Crippen molar-refractivity contribution in [2.75, 3.05) is 7.11 Å². The second kappa shape index (κ2) is 6.59. The van der Waals surface area contributed by atoms with Crippen molar-refractivity contribution in [3.8, 4) is 11.5 Å². The van der Waals surface area contributed by atoms with Crippen LogP contribution < -0.4 is 9.47 Å². The molecule has 0 bridgehead atoms. The lowest BCUT2D eigenvalue weighted by Crippen LogP contribution is -2.09. The molecule has 0 saturated carbocycles. The Balaban J connectivity index is 3.28. The van der Waals surface area contributed by atoms with E-state index in [-0.39, 0.29) is 12.4 Å². The fourth-order valence-electron chi connectivity index (χ4n) is 1.51. The van der Waals surface area contributed by atoms with Crippen LogP contribution in [0.5, 0.6) is 11.5 Å². The van der Waals surface area contributed by atoms with Gasteiger partial charge in [0.15, 0.2) is 11.5 Å². The summed E-state index contributed by atoms with van der Waals surface area (Å²) in [5, 5.41) is 0. The number of aldehydes is 1. The van der Waals surface area contributed by atoms with Gasteiger partial charge in [-0.1, -0.05) is 13.0 Å². The molecule has 0 atom stereocenters. The van der Waals surface area contributed by atoms with Gasteiger partial charge in [-0.15, -0.1) is 6.58 Å². The molecule has 4 heteroatoms. The van der Waals surface area contributed by atoms with E-state index < -0.39 is 0 Å². The molecule has 0 fully saturated rings. The van der Waals surface area contributed by atoms with Crippen LogP contribution in [0.25, 0.3) is 0 Å². The van der Waals surface area contributed by atoms with Crippen LogP contribution in [0.4, 0.5) is 0 Å². The quantitative estimate of drug-likeness (QED) is 0.336. The van der Waals surface area contributed by atoms with Crippen molar-refractivity contribution in [1.82, 2.24) is 0 Å². The molecule has 0 spiro atoms. The molecule has 1 aromatic rings. The molecular formula is C14H16O4. The zero-order valence-electron chi connectivity index (χ0n) is 10.6. The number of esters is 1. The molecule has 0 amide bonds. The summed E-state index contributed by atoms with van der Waals surface area (Å²) in [5.41, 5.74) is 1.17. The van der Waals surface area contributed by atoms with Crippen LogP contribution in [0.15, 0.2) is 24.8 Å². The Hall–Kier alpha value is -2.10. The molecule has 96 valence electrons. The first-order chi connectivity index (χ1) is 8.65. The van der Waals surface area contributed by atoms with Crippen LogP contribution in [0, 0.1) is 0 Å². The molecule has 0 aliphatic heterocycles. The first-order valence-electron chi connectivity index (χ1n) is 5.63. The van der Waals surface area contributed by atoms with E-state index in [1.54, 1.807) is 19.1 Å². The van der Waals surface area contributed by atoms with E-state index in [2.05, 4.69) is 6.58 Å². The zero-order valence-corrected chi connectivity index (χ0v) is 10.6. The topological polar surface area (TPSA) is 52.6 Å². The summed E-state index contributed by atoms with van der Waals surface area (Å²) < 4.78 is 10.4. The second-order valence-corrected chi connectivity index (χ2v) is 3.65. The van der Waals surface area contributed by atoms with Gasteiger partial charge in [-0.05, 0) is 18.6 Å². The minimum atomic E-state index is -0.350. The van der Waals surface area contributed by atoms with E-state index in [4.69, 9.17) is 9.47 Å². The average molecular weight is 248 g/mol. The Bertz CT molecular complexity index is 463. The summed E-state index contributed by atoms with van der Waals surface area (Å²) in [6.07, 6.45) is 3.16. The first-order valence-corrected chi connectivity index (χ1v) is 5.63. The summed E-state index contributed by atoms with van der Waals surface area (Å²) in [4.78, 5) is 22.2. The maximum Gasteiger partial charge on any atom is 0.311 e. The average Bonchev–Trinajstić information content (AvgIpc) is 2.40. The third-order valence-corrected chi connectivity index (χ3v) is 2.38. The van der Waals surface area contributed by atoms with Crippen LogP contribution in [0.1, 0.15) is 29.3 Å². The minimum Gasteiger partial charge on any atom is -0.493 e. The lowest BCUT2D eigenvalue weighted by atomic mass is 10.1. The molecule has 0 radical (unpaired) electrons. The highest BCUT2D eigenvalue weighted by Gasteiger charge is 2.15. The SMILES string of the molecule is C=CCc1cc(C=O)cc(OC)c1OC(=O)CC. The number of rotatable bonds is 6. The molecular weight excluding hydrogens is 232 g/mol. The summed E-state index contributed by atoms with van der Waals surface area (Å²) in [6, 6.07) is 3.20. The molecule has 0 N–H and O–H groups in total. The Morgan fingerprint density at radius 3 is 2.67 bits per heavy atom. The van der Waals surface area contributed by atoms with E-state index >= 15 is 0 Å². The van der Waals surface area contributed by atoms with Crippen molar-refractivity contribution in [3.63, 3.8) is 0 Å². The van der Waals surface area contributed by atoms with Gasteiger partial charge in [0.25, 0.3) is 0 Å². The number of allylic oxidation sites excluding steroid dienone is 1. The van der Waals surface area contributed by atoms with Crippen molar-refractivity contribution in [3.05, 3.63) is 35.9 Å². The number of carbonyl (C=O) groups is 2. The van der Waals surface area contributed by atoms with Crippen LogP contribution >= 0.6 is 0 Å². The van der Waals surface area contributed by atoms with Gasteiger partial charge in [0, 0.05) is 17.5 Å². The van der Waals surface area contributed by atoms with Crippen LogP contribution in [0.3, 0.4) is 0 Å². The molecule has 4 nitrogen and oxygen atoms in total. The Morgan fingerprint density at radius 1 is 1.44 bits per heavy atom. The van der Waals surface area contributed by atoms with E-state index in [0.29, 0.717) is 29.0 Å². The molecule has 18 heavy (non-hydrogen) atoms. The molecule has 0 aliphatic carbocycles. The van der Waals surface area contributed by atoms with Gasteiger partial charge in [-0.2, -0.15) is 0 Å². The molecule has 1 aromatic carbocycles. The van der Waals surface area contributed by atoms with E-state index in [9.17, 15) is 9.59 Å². The summed E-state index contributed by atoms with van der Waals surface area (Å²) in [5.74, 6) is 0.380. The second-order valence-electron chi connectivity index (χ2n) is 3.65. The standard InChI is InChI=1S/C14H16O4/c1-4-6-11-7-10(9-15)8-12(17-3)14(11)18-13(16)5-2/h4,7-9H,1,5-6H2,2-3H3. The third-order valence-electron chi connectivity index (χ3n) is 2.38. The fraction of sp³-hybridized carbons (Fsp3) is 0.286. The number of carbonyl (C=O) groups excluding carboxylic acids is 2. The predicted octanol–water partition coefficient (Wildman–Crippen LogP) is 2.55. The summed E-state index contributed by atoms with van der Waals surface area (Å²) in [6.45, 7) is 5.35. The van der Waals surface area contributed by atoms with Gasteiger partial charge in [0.05, 0.1) is 7.11 Å². The van der Waals surface area contributed by atoms with Gasteiger partial charge in [0.2, 0.25) is 0 Å². The Kier molecular flexibility index (Phi) is 5.11. The maximum absolute atomic E-state index is 11.4. The predicted molar refractivity (Wildman–Crippen MR) is 68.2 cm³/mol. The minimum absolute atomic E-state index is 0.270. The van der Waals surface area contributed by atoms with Gasteiger partial charge >= 0.3 is 5.97 Å². The van der Waals surface area contributed by atoms with Crippen molar-refractivity contribution in [2.24, 2.45) is 0 Å². The highest BCUT2D eigenvalue weighted by atomic mass is 16.6. The number of hydrogen-bond acceptors (Lipinski definition) is 4. The monoisotopic (exact) mass is 248 g/mol. The molecule has 1 rings (SSSR count).